The topological polar surface area (TPSA) is 82.1 Å². The van der Waals surface area contributed by atoms with Gasteiger partial charge in [0.2, 0.25) is 5.76 Å². The summed E-state index contributed by atoms with van der Waals surface area (Å²) in [5.74, 6) is -1.42. The predicted octanol–water partition coefficient (Wildman–Crippen LogP) is 1.31. The third kappa shape index (κ3) is 4.71. The van der Waals surface area contributed by atoms with E-state index in [-0.39, 0.29) is 5.76 Å². The Morgan fingerprint density at radius 1 is 1.21 bits per heavy atom. The quantitative estimate of drug-likeness (QED) is 0.475. The fraction of sp³-hybridized carbons (Fsp3) is 0.231. The Bertz CT molecular complexity index is 474. The number of esters is 1. The molecule has 0 unspecified atom stereocenters. The van der Waals surface area contributed by atoms with Crippen LogP contribution in [0.5, 0.6) is 5.75 Å². The van der Waals surface area contributed by atoms with E-state index in [9.17, 15) is 9.59 Å². The number of carbonyl (C=O) groups is 2. The van der Waals surface area contributed by atoms with Crippen molar-refractivity contribution >= 4 is 18.0 Å². The summed E-state index contributed by atoms with van der Waals surface area (Å²) in [6.07, 6.45) is 1.40. The second-order valence-corrected chi connectivity index (χ2v) is 3.46. The van der Waals surface area contributed by atoms with Crippen LogP contribution < -0.4 is 4.74 Å². The van der Waals surface area contributed by atoms with Crippen LogP contribution in [0.3, 0.4) is 0 Å². The molecule has 0 saturated heterocycles. The second kappa shape index (κ2) is 7.05. The molecule has 0 aliphatic carbocycles. The molecule has 0 fully saturated rings. The van der Waals surface area contributed by atoms with Gasteiger partial charge in [-0.15, -0.1) is 0 Å². The molecule has 0 aliphatic heterocycles. The van der Waals surface area contributed by atoms with E-state index in [4.69, 9.17) is 14.6 Å². The Morgan fingerprint density at radius 3 is 2.32 bits per heavy atom. The Morgan fingerprint density at radius 2 is 1.84 bits per heavy atom. The Hall–Kier alpha value is -2.50. The van der Waals surface area contributed by atoms with Gasteiger partial charge < -0.3 is 19.3 Å². The summed E-state index contributed by atoms with van der Waals surface area (Å²) in [5.41, 5.74) is 0.659. The average Bonchev–Trinajstić information content (AvgIpc) is 2.43. The van der Waals surface area contributed by atoms with Crippen LogP contribution >= 0.6 is 0 Å². The molecular formula is C13H14O6. The van der Waals surface area contributed by atoms with E-state index in [1.54, 1.807) is 31.4 Å². The van der Waals surface area contributed by atoms with Gasteiger partial charge in [-0.05, 0) is 23.8 Å². The number of methoxy groups -OCH3 is 2. The van der Waals surface area contributed by atoms with E-state index >= 15 is 0 Å². The van der Waals surface area contributed by atoms with Crippen molar-refractivity contribution in [2.75, 3.05) is 20.8 Å². The number of benzene rings is 1. The molecule has 0 aliphatic rings. The van der Waals surface area contributed by atoms with E-state index in [0.29, 0.717) is 11.3 Å². The maximum absolute atomic E-state index is 11.4. The summed E-state index contributed by atoms with van der Waals surface area (Å²) in [4.78, 5) is 21.8. The van der Waals surface area contributed by atoms with E-state index in [2.05, 4.69) is 4.74 Å². The molecule has 6 heteroatoms. The first-order valence-electron chi connectivity index (χ1n) is 5.35. The van der Waals surface area contributed by atoms with Crippen molar-refractivity contribution in [3.8, 4) is 5.75 Å². The highest BCUT2D eigenvalue weighted by Gasteiger charge is 2.13. The molecule has 0 aromatic heterocycles. The van der Waals surface area contributed by atoms with E-state index in [1.165, 1.54) is 13.2 Å². The number of ether oxygens (including phenoxy) is 3. The van der Waals surface area contributed by atoms with Crippen LogP contribution in [0.15, 0.2) is 30.0 Å². The Labute approximate surface area is 110 Å². The molecule has 6 nitrogen and oxygen atoms in total. The van der Waals surface area contributed by atoms with Crippen LogP contribution in [0.2, 0.25) is 0 Å². The third-order valence-corrected chi connectivity index (χ3v) is 2.15. The monoisotopic (exact) mass is 266 g/mol. The number of carbonyl (C=O) groups excluding carboxylic acids is 1. The first-order chi connectivity index (χ1) is 9.06. The largest absolute Gasteiger partial charge is 0.497 e. The van der Waals surface area contributed by atoms with Crippen LogP contribution in [0, 0.1) is 0 Å². The van der Waals surface area contributed by atoms with Gasteiger partial charge in [0, 0.05) is 0 Å². The lowest BCUT2D eigenvalue weighted by Gasteiger charge is -2.06. The number of rotatable bonds is 6. The molecule has 102 valence electrons. The minimum absolute atomic E-state index is 0.171. The standard InChI is InChI=1S/C13H14O6/c1-17-10-5-3-9(4-6-10)7-11(13(16)18-2)19-8-12(14)15/h3-7H,8H2,1-2H3,(H,14,15)/b11-7-. The lowest BCUT2D eigenvalue weighted by Crippen LogP contribution is -2.13. The zero-order valence-corrected chi connectivity index (χ0v) is 10.6. The maximum Gasteiger partial charge on any atom is 0.373 e. The van der Waals surface area contributed by atoms with Crippen LogP contribution in [0.25, 0.3) is 6.08 Å². The summed E-state index contributed by atoms with van der Waals surface area (Å²) < 4.78 is 14.4. The summed E-state index contributed by atoms with van der Waals surface area (Å²) in [5, 5.41) is 8.53. The van der Waals surface area contributed by atoms with Crippen LogP contribution in [0.4, 0.5) is 0 Å². The van der Waals surface area contributed by atoms with Gasteiger partial charge in [0.1, 0.15) is 5.75 Å². The molecule has 0 heterocycles. The van der Waals surface area contributed by atoms with E-state index in [0.717, 1.165) is 0 Å². The van der Waals surface area contributed by atoms with Crippen molar-refractivity contribution < 1.29 is 28.9 Å². The van der Waals surface area contributed by atoms with Gasteiger partial charge in [-0.1, -0.05) is 12.1 Å². The summed E-state index contributed by atoms with van der Waals surface area (Å²) in [6, 6.07) is 6.81. The van der Waals surface area contributed by atoms with E-state index in [1.807, 2.05) is 0 Å². The van der Waals surface area contributed by atoms with Crippen molar-refractivity contribution in [1.29, 1.82) is 0 Å². The molecule has 0 amide bonds. The fourth-order valence-corrected chi connectivity index (χ4v) is 1.25. The molecule has 0 bridgehead atoms. The van der Waals surface area contributed by atoms with Gasteiger partial charge in [0.25, 0.3) is 0 Å². The molecule has 1 N–H and O–H groups in total. The number of carboxylic acid groups (broad SMARTS) is 1. The predicted molar refractivity (Wildman–Crippen MR) is 66.6 cm³/mol. The molecule has 1 aromatic carbocycles. The fourth-order valence-electron chi connectivity index (χ4n) is 1.25. The van der Waals surface area contributed by atoms with Gasteiger partial charge in [0.05, 0.1) is 14.2 Å². The summed E-state index contributed by atoms with van der Waals surface area (Å²) in [6.45, 7) is -0.614. The van der Waals surface area contributed by atoms with E-state index < -0.39 is 18.5 Å². The SMILES string of the molecule is COC(=O)/C(=C/c1ccc(OC)cc1)OCC(=O)O. The number of hydrogen-bond acceptors (Lipinski definition) is 5. The van der Waals surface area contributed by atoms with Gasteiger partial charge in [-0.25, -0.2) is 9.59 Å². The maximum atomic E-state index is 11.4. The molecule has 1 rings (SSSR count). The van der Waals surface area contributed by atoms with Crippen LogP contribution in [-0.2, 0) is 19.1 Å². The van der Waals surface area contributed by atoms with Crippen molar-refractivity contribution in [2.24, 2.45) is 0 Å². The zero-order valence-electron chi connectivity index (χ0n) is 10.6. The lowest BCUT2D eigenvalue weighted by molar-refractivity contribution is -0.144. The Kier molecular flexibility index (Phi) is 5.40. The highest BCUT2D eigenvalue weighted by molar-refractivity contribution is 5.91. The molecule has 0 spiro atoms. The Balaban J connectivity index is 2.90. The van der Waals surface area contributed by atoms with Crippen LogP contribution in [-0.4, -0.2) is 37.9 Å². The van der Waals surface area contributed by atoms with Crippen molar-refractivity contribution in [3.05, 3.63) is 35.6 Å². The lowest BCUT2D eigenvalue weighted by atomic mass is 10.2. The van der Waals surface area contributed by atoms with Gasteiger partial charge in [-0.2, -0.15) is 0 Å². The minimum atomic E-state index is -1.18. The summed E-state index contributed by atoms with van der Waals surface area (Å²) >= 11 is 0. The average molecular weight is 266 g/mol. The van der Waals surface area contributed by atoms with Crippen molar-refractivity contribution in [1.82, 2.24) is 0 Å². The van der Waals surface area contributed by atoms with Crippen molar-refractivity contribution in [2.45, 2.75) is 0 Å². The highest BCUT2D eigenvalue weighted by Crippen LogP contribution is 2.15. The minimum Gasteiger partial charge on any atom is -0.497 e. The molecular weight excluding hydrogens is 252 g/mol. The van der Waals surface area contributed by atoms with Crippen LogP contribution in [0.1, 0.15) is 5.56 Å². The highest BCUT2D eigenvalue weighted by atomic mass is 16.6. The van der Waals surface area contributed by atoms with Crippen molar-refractivity contribution in [3.63, 3.8) is 0 Å². The first kappa shape index (κ1) is 14.6. The normalized spacial score (nSPS) is 10.7. The number of aliphatic carboxylic acids is 1. The van der Waals surface area contributed by atoms with Gasteiger partial charge >= 0.3 is 11.9 Å². The second-order valence-electron chi connectivity index (χ2n) is 3.46. The first-order valence-corrected chi connectivity index (χ1v) is 5.35. The molecule has 0 saturated carbocycles. The van der Waals surface area contributed by atoms with Gasteiger partial charge in [0.15, 0.2) is 6.61 Å². The zero-order chi connectivity index (χ0) is 14.3. The molecule has 0 radical (unpaired) electrons. The number of hydrogen-bond donors (Lipinski definition) is 1. The molecule has 1 aromatic rings. The number of carboxylic acids is 1. The molecule has 0 atom stereocenters. The third-order valence-electron chi connectivity index (χ3n) is 2.15. The summed E-state index contributed by atoms with van der Waals surface area (Å²) in [7, 11) is 2.73. The molecule has 19 heavy (non-hydrogen) atoms. The van der Waals surface area contributed by atoms with Gasteiger partial charge in [-0.3, -0.25) is 0 Å². The smallest absolute Gasteiger partial charge is 0.373 e.